The summed E-state index contributed by atoms with van der Waals surface area (Å²) in [5, 5.41) is 12.1. The maximum atomic E-state index is 12.7. The van der Waals surface area contributed by atoms with Crippen LogP contribution in [0.4, 0.5) is 0 Å². The van der Waals surface area contributed by atoms with Gasteiger partial charge in [-0.2, -0.15) is 5.26 Å². The van der Waals surface area contributed by atoms with Crippen LogP contribution in [0.3, 0.4) is 0 Å². The number of ether oxygens (including phenoxy) is 2. The maximum absolute atomic E-state index is 12.7. The van der Waals surface area contributed by atoms with Crippen molar-refractivity contribution in [1.29, 1.82) is 5.26 Å². The SMILES string of the molecule is CCOc1cc(C#N)ccc1OC(C(=O)NC1CC1)c1ccccc1. The molecule has 1 amide bonds. The molecule has 0 radical (unpaired) electrons. The minimum Gasteiger partial charge on any atom is -0.490 e. The average molecular weight is 336 g/mol. The number of nitrogens with zero attached hydrogens (tertiary/aromatic N) is 1. The number of hydrogen-bond donors (Lipinski definition) is 1. The monoisotopic (exact) mass is 336 g/mol. The van der Waals surface area contributed by atoms with Crippen molar-refractivity contribution in [3.63, 3.8) is 0 Å². The van der Waals surface area contributed by atoms with Gasteiger partial charge in [-0.1, -0.05) is 30.3 Å². The first kappa shape index (κ1) is 16.8. The van der Waals surface area contributed by atoms with Crippen LogP contribution < -0.4 is 14.8 Å². The fraction of sp³-hybridized carbons (Fsp3) is 0.300. The van der Waals surface area contributed by atoms with Crippen LogP contribution >= 0.6 is 0 Å². The Morgan fingerprint density at radius 2 is 2.00 bits per heavy atom. The zero-order valence-corrected chi connectivity index (χ0v) is 14.1. The first-order valence-electron chi connectivity index (χ1n) is 8.40. The normalized spacial score (nSPS) is 14.2. The third kappa shape index (κ3) is 4.30. The third-order valence-corrected chi connectivity index (χ3v) is 3.88. The highest BCUT2D eigenvalue weighted by atomic mass is 16.5. The molecule has 0 bridgehead atoms. The Morgan fingerprint density at radius 3 is 2.64 bits per heavy atom. The van der Waals surface area contributed by atoms with E-state index in [2.05, 4.69) is 11.4 Å². The van der Waals surface area contributed by atoms with Gasteiger partial charge in [0.2, 0.25) is 6.10 Å². The lowest BCUT2D eigenvalue weighted by atomic mass is 10.1. The van der Waals surface area contributed by atoms with E-state index in [1.807, 2.05) is 37.3 Å². The van der Waals surface area contributed by atoms with E-state index >= 15 is 0 Å². The van der Waals surface area contributed by atoms with Crippen LogP contribution in [0.2, 0.25) is 0 Å². The van der Waals surface area contributed by atoms with Gasteiger partial charge in [0.05, 0.1) is 18.2 Å². The standard InChI is InChI=1S/C20H20N2O3/c1-2-24-18-12-14(13-21)8-11-17(18)25-19(15-6-4-3-5-7-15)20(23)22-16-9-10-16/h3-8,11-12,16,19H,2,9-10H2,1H3,(H,22,23). The van der Waals surface area contributed by atoms with E-state index in [4.69, 9.17) is 14.7 Å². The lowest BCUT2D eigenvalue weighted by Gasteiger charge is -2.21. The molecule has 0 aliphatic heterocycles. The lowest BCUT2D eigenvalue weighted by Crippen LogP contribution is -2.33. The first-order chi connectivity index (χ1) is 12.2. The summed E-state index contributed by atoms with van der Waals surface area (Å²) < 4.78 is 11.6. The highest BCUT2D eigenvalue weighted by Crippen LogP contribution is 2.33. The molecule has 1 aliphatic carbocycles. The number of hydrogen-bond acceptors (Lipinski definition) is 4. The van der Waals surface area contributed by atoms with Gasteiger partial charge < -0.3 is 14.8 Å². The van der Waals surface area contributed by atoms with Crippen LogP contribution in [-0.2, 0) is 4.79 Å². The predicted molar refractivity (Wildman–Crippen MR) is 93.3 cm³/mol. The van der Waals surface area contributed by atoms with Crippen LogP contribution in [0, 0.1) is 11.3 Å². The van der Waals surface area contributed by atoms with Gasteiger partial charge in [-0.15, -0.1) is 0 Å². The van der Waals surface area contributed by atoms with Crippen LogP contribution in [0.25, 0.3) is 0 Å². The summed E-state index contributed by atoms with van der Waals surface area (Å²) >= 11 is 0. The van der Waals surface area contributed by atoms with Gasteiger partial charge in [0.15, 0.2) is 11.5 Å². The molecule has 1 N–H and O–H groups in total. The van der Waals surface area contributed by atoms with Gasteiger partial charge >= 0.3 is 0 Å². The molecular formula is C20H20N2O3. The minimum absolute atomic E-state index is 0.166. The van der Waals surface area contributed by atoms with Crippen molar-refractivity contribution >= 4 is 5.91 Å². The molecule has 25 heavy (non-hydrogen) atoms. The molecule has 5 nitrogen and oxygen atoms in total. The second-order valence-corrected chi connectivity index (χ2v) is 5.90. The minimum atomic E-state index is -0.769. The Morgan fingerprint density at radius 1 is 1.24 bits per heavy atom. The highest BCUT2D eigenvalue weighted by molar-refractivity contribution is 5.83. The first-order valence-corrected chi connectivity index (χ1v) is 8.40. The van der Waals surface area contributed by atoms with E-state index in [1.54, 1.807) is 18.2 Å². The maximum Gasteiger partial charge on any atom is 0.266 e. The highest BCUT2D eigenvalue weighted by Gasteiger charge is 2.30. The predicted octanol–water partition coefficient (Wildman–Crippen LogP) is 3.36. The van der Waals surface area contributed by atoms with Crippen molar-refractivity contribution in [3.8, 4) is 17.6 Å². The molecule has 1 fully saturated rings. The van der Waals surface area contributed by atoms with Crippen molar-refractivity contribution in [2.45, 2.75) is 31.9 Å². The summed E-state index contributed by atoms with van der Waals surface area (Å²) in [5.74, 6) is 0.739. The number of amides is 1. The molecule has 5 heteroatoms. The topological polar surface area (TPSA) is 71.3 Å². The molecule has 0 heterocycles. The van der Waals surface area contributed by atoms with Gasteiger partial charge in [-0.3, -0.25) is 4.79 Å². The Labute approximate surface area is 147 Å². The molecule has 2 aromatic rings. The van der Waals surface area contributed by atoms with E-state index < -0.39 is 6.10 Å². The summed E-state index contributed by atoms with van der Waals surface area (Å²) in [5.41, 5.74) is 1.25. The summed E-state index contributed by atoms with van der Waals surface area (Å²) in [6.45, 7) is 2.30. The number of carbonyl (C=O) groups excluding carboxylic acids is 1. The van der Waals surface area contributed by atoms with Gasteiger partial charge in [0, 0.05) is 17.7 Å². The van der Waals surface area contributed by atoms with Crippen LogP contribution in [0.15, 0.2) is 48.5 Å². The fourth-order valence-corrected chi connectivity index (χ4v) is 2.48. The van der Waals surface area contributed by atoms with Gasteiger partial charge in [-0.25, -0.2) is 0 Å². The Kier molecular flexibility index (Phi) is 5.20. The zero-order chi connectivity index (χ0) is 17.6. The van der Waals surface area contributed by atoms with E-state index in [0.29, 0.717) is 23.7 Å². The smallest absolute Gasteiger partial charge is 0.266 e. The van der Waals surface area contributed by atoms with Crippen LogP contribution in [-0.4, -0.2) is 18.6 Å². The van der Waals surface area contributed by atoms with E-state index in [1.165, 1.54) is 0 Å². The molecule has 2 aromatic carbocycles. The summed E-state index contributed by atoms with van der Waals surface area (Å²) in [7, 11) is 0. The van der Waals surface area contributed by atoms with Crippen molar-refractivity contribution in [1.82, 2.24) is 5.32 Å². The number of carbonyl (C=O) groups is 1. The van der Waals surface area contributed by atoms with Crippen LogP contribution in [0.1, 0.15) is 37.0 Å². The Bertz CT molecular complexity index is 779. The molecule has 0 spiro atoms. The van der Waals surface area contributed by atoms with E-state index in [0.717, 1.165) is 18.4 Å². The fourth-order valence-electron chi connectivity index (χ4n) is 2.48. The second kappa shape index (κ2) is 7.71. The summed E-state index contributed by atoms with van der Waals surface area (Å²) in [4.78, 5) is 12.7. The molecule has 0 saturated heterocycles. The zero-order valence-electron chi connectivity index (χ0n) is 14.1. The van der Waals surface area contributed by atoms with E-state index in [-0.39, 0.29) is 11.9 Å². The number of nitrogens with one attached hydrogen (secondary N) is 1. The van der Waals surface area contributed by atoms with Crippen molar-refractivity contribution in [2.75, 3.05) is 6.61 Å². The van der Waals surface area contributed by atoms with Crippen molar-refractivity contribution in [2.24, 2.45) is 0 Å². The molecule has 1 unspecified atom stereocenters. The lowest BCUT2D eigenvalue weighted by molar-refractivity contribution is -0.128. The largest absolute Gasteiger partial charge is 0.490 e. The molecule has 0 aromatic heterocycles. The van der Waals surface area contributed by atoms with Crippen molar-refractivity contribution in [3.05, 3.63) is 59.7 Å². The molecule has 1 saturated carbocycles. The summed E-state index contributed by atoms with van der Waals surface area (Å²) in [6, 6.07) is 16.6. The summed E-state index contributed by atoms with van der Waals surface area (Å²) in [6.07, 6.45) is 1.25. The molecule has 1 aliphatic rings. The van der Waals surface area contributed by atoms with Gasteiger partial charge in [0.1, 0.15) is 0 Å². The third-order valence-electron chi connectivity index (χ3n) is 3.88. The second-order valence-electron chi connectivity index (χ2n) is 5.90. The number of rotatable bonds is 7. The Hall–Kier alpha value is -3.00. The quantitative estimate of drug-likeness (QED) is 0.841. The van der Waals surface area contributed by atoms with Gasteiger partial charge in [0.25, 0.3) is 5.91 Å². The molecule has 128 valence electrons. The van der Waals surface area contributed by atoms with Crippen LogP contribution in [0.5, 0.6) is 11.5 Å². The van der Waals surface area contributed by atoms with Crippen molar-refractivity contribution < 1.29 is 14.3 Å². The van der Waals surface area contributed by atoms with E-state index in [9.17, 15) is 4.79 Å². The molecule has 1 atom stereocenters. The Balaban J connectivity index is 1.89. The molecule has 3 rings (SSSR count). The molecular weight excluding hydrogens is 316 g/mol. The van der Waals surface area contributed by atoms with Gasteiger partial charge in [-0.05, 0) is 31.9 Å². The number of nitriles is 1. The average Bonchev–Trinajstić information content (AvgIpc) is 3.45. The number of benzene rings is 2.